The molecular weight excluding hydrogens is 332 g/mol. The molecule has 0 spiro atoms. The highest BCUT2D eigenvalue weighted by Crippen LogP contribution is 2.37. The third kappa shape index (κ3) is 2.85. The van der Waals surface area contributed by atoms with Crippen molar-refractivity contribution < 1.29 is 23.2 Å². The predicted octanol–water partition coefficient (Wildman–Crippen LogP) is 3.83. The summed E-state index contributed by atoms with van der Waals surface area (Å²) >= 11 is 5.65. The molecule has 8 heteroatoms. The van der Waals surface area contributed by atoms with E-state index in [2.05, 4.69) is 0 Å². The molecule has 0 N–H and O–H groups in total. The lowest BCUT2D eigenvalue weighted by Gasteiger charge is -2.41. The molecule has 1 heterocycles. The Labute approximate surface area is 134 Å². The molecule has 1 aliphatic heterocycles. The average Bonchev–Trinajstić information content (AvgIpc) is 2.47. The molecule has 0 saturated carbocycles. The van der Waals surface area contributed by atoms with Crippen molar-refractivity contribution in [2.24, 2.45) is 0 Å². The average molecular weight is 342 g/mol. The Hall–Kier alpha value is -2.25. The van der Waals surface area contributed by atoms with Gasteiger partial charge in [0.2, 0.25) is 0 Å². The van der Waals surface area contributed by atoms with Gasteiger partial charge in [-0.2, -0.15) is 0 Å². The molecule has 2 aromatic rings. The highest BCUT2D eigenvalue weighted by atomic mass is 35.5. The molecule has 0 radical (unpaired) electrons. The first kappa shape index (κ1) is 15.6. The molecule has 1 aliphatic rings. The van der Waals surface area contributed by atoms with Gasteiger partial charge < -0.3 is 9.47 Å². The number of nitrogens with zero attached hydrogens (tertiary/aromatic N) is 1. The smallest absolute Gasteiger partial charge is 0.272 e. The quantitative estimate of drug-likeness (QED) is 0.626. The van der Waals surface area contributed by atoms with Crippen molar-refractivity contribution in [1.29, 1.82) is 0 Å². The molecule has 0 bridgehead atoms. The normalized spacial score (nSPS) is 15.8. The van der Waals surface area contributed by atoms with Crippen molar-refractivity contribution >= 4 is 17.3 Å². The maximum atomic E-state index is 14.0. The van der Waals surface area contributed by atoms with Crippen LogP contribution in [0.2, 0.25) is 5.02 Å². The Kier molecular flexibility index (Phi) is 3.91. The van der Waals surface area contributed by atoms with Crippen molar-refractivity contribution in [2.45, 2.75) is 5.60 Å². The van der Waals surface area contributed by atoms with E-state index in [4.69, 9.17) is 21.1 Å². The van der Waals surface area contributed by atoms with Crippen LogP contribution < -0.4 is 4.74 Å². The Balaban J connectivity index is 1.93. The molecule has 0 aliphatic carbocycles. The molecule has 2 aromatic carbocycles. The minimum absolute atomic E-state index is 0.0364. The molecule has 3 rings (SSSR count). The molecule has 5 nitrogen and oxygen atoms in total. The molecule has 0 atom stereocenters. The first-order valence-corrected chi connectivity index (χ1v) is 6.95. The highest BCUT2D eigenvalue weighted by Gasteiger charge is 2.44. The fraction of sp³-hybridized carbons (Fsp3) is 0.200. The van der Waals surface area contributed by atoms with E-state index in [1.807, 2.05) is 0 Å². The van der Waals surface area contributed by atoms with Gasteiger partial charge in [0, 0.05) is 11.6 Å². The summed E-state index contributed by atoms with van der Waals surface area (Å²) < 4.78 is 38.4. The monoisotopic (exact) mass is 341 g/mol. The zero-order valence-corrected chi connectivity index (χ0v) is 12.3. The summed E-state index contributed by atoms with van der Waals surface area (Å²) in [7, 11) is 0. The van der Waals surface area contributed by atoms with Gasteiger partial charge in [-0.1, -0.05) is 17.7 Å². The summed E-state index contributed by atoms with van der Waals surface area (Å²) in [5.74, 6) is -1.67. The van der Waals surface area contributed by atoms with E-state index in [0.29, 0.717) is 5.56 Å². The van der Waals surface area contributed by atoms with Crippen LogP contribution >= 0.6 is 11.6 Å². The summed E-state index contributed by atoms with van der Waals surface area (Å²) in [5.41, 5.74) is -0.989. The Morgan fingerprint density at radius 2 is 1.91 bits per heavy atom. The van der Waals surface area contributed by atoms with Crippen LogP contribution in [0.4, 0.5) is 14.5 Å². The van der Waals surface area contributed by atoms with Crippen molar-refractivity contribution in [1.82, 2.24) is 0 Å². The first-order chi connectivity index (χ1) is 10.9. The summed E-state index contributed by atoms with van der Waals surface area (Å²) in [6, 6.07) is 7.21. The second kappa shape index (κ2) is 5.75. The van der Waals surface area contributed by atoms with Gasteiger partial charge in [-0.25, -0.2) is 8.78 Å². The van der Waals surface area contributed by atoms with E-state index in [1.54, 1.807) is 6.07 Å². The number of benzene rings is 2. The number of nitro groups is 1. The Morgan fingerprint density at radius 1 is 1.17 bits per heavy atom. The van der Waals surface area contributed by atoms with E-state index < -0.39 is 22.2 Å². The number of halogens is 3. The van der Waals surface area contributed by atoms with E-state index in [1.165, 1.54) is 18.2 Å². The molecule has 1 saturated heterocycles. The van der Waals surface area contributed by atoms with E-state index in [9.17, 15) is 18.9 Å². The van der Waals surface area contributed by atoms with Gasteiger partial charge in [0.15, 0.2) is 17.2 Å². The number of rotatable bonds is 4. The fourth-order valence-corrected chi connectivity index (χ4v) is 2.37. The number of ether oxygens (including phenoxy) is 2. The van der Waals surface area contributed by atoms with E-state index >= 15 is 0 Å². The third-order valence-electron chi connectivity index (χ3n) is 3.55. The highest BCUT2D eigenvalue weighted by molar-refractivity contribution is 6.30. The molecule has 120 valence electrons. The topological polar surface area (TPSA) is 61.6 Å². The second-order valence-corrected chi connectivity index (χ2v) is 5.50. The first-order valence-electron chi connectivity index (χ1n) is 6.57. The molecule has 0 unspecified atom stereocenters. The number of nitro benzene ring substituents is 1. The lowest BCUT2D eigenvalue weighted by atomic mass is 9.91. The zero-order chi connectivity index (χ0) is 16.6. The summed E-state index contributed by atoms with van der Waals surface area (Å²) in [6.45, 7) is 0.203. The summed E-state index contributed by atoms with van der Waals surface area (Å²) in [4.78, 5) is 9.93. The van der Waals surface area contributed by atoms with Crippen molar-refractivity contribution in [3.8, 4) is 5.75 Å². The minimum atomic E-state index is -1.05. The number of non-ortho nitro benzene ring substituents is 1. The number of hydrogen-bond donors (Lipinski definition) is 0. The standard InChI is InChI=1S/C15H10ClF2NO4/c16-11-3-1-9(5-12(11)17)15(7-22-8-15)23-14-4-2-10(19(20)21)6-13(14)18/h1-6H,7-8H2. The van der Waals surface area contributed by atoms with Gasteiger partial charge in [-0.3, -0.25) is 10.1 Å². The lowest BCUT2D eigenvalue weighted by molar-refractivity contribution is -0.385. The fourth-order valence-electron chi connectivity index (χ4n) is 2.25. The molecule has 23 heavy (non-hydrogen) atoms. The van der Waals surface area contributed by atoms with Crippen LogP contribution in [0.15, 0.2) is 36.4 Å². The molecule has 0 amide bonds. The van der Waals surface area contributed by atoms with Crippen LogP contribution in [0.25, 0.3) is 0 Å². The van der Waals surface area contributed by atoms with Crippen LogP contribution in [0, 0.1) is 21.7 Å². The summed E-state index contributed by atoms with van der Waals surface area (Å²) in [5, 5.41) is 10.6. The third-order valence-corrected chi connectivity index (χ3v) is 3.85. The molecule has 0 aromatic heterocycles. The molecular formula is C15H10ClF2NO4. The van der Waals surface area contributed by atoms with Crippen LogP contribution in [0.3, 0.4) is 0 Å². The lowest BCUT2D eigenvalue weighted by Crippen LogP contribution is -2.51. The van der Waals surface area contributed by atoms with Crippen molar-refractivity contribution in [3.63, 3.8) is 0 Å². The SMILES string of the molecule is O=[N+]([O-])c1ccc(OC2(c3ccc(Cl)c(F)c3)COC2)c(F)c1. The second-order valence-electron chi connectivity index (χ2n) is 5.09. The van der Waals surface area contributed by atoms with E-state index in [0.717, 1.165) is 12.1 Å². The maximum absolute atomic E-state index is 14.0. The molecule has 1 fully saturated rings. The van der Waals surface area contributed by atoms with Crippen LogP contribution in [0.1, 0.15) is 5.56 Å². The van der Waals surface area contributed by atoms with Gasteiger partial charge in [-0.05, 0) is 18.2 Å². The largest absolute Gasteiger partial charge is 0.475 e. The Morgan fingerprint density at radius 3 is 2.43 bits per heavy atom. The van der Waals surface area contributed by atoms with Gasteiger partial charge in [0.1, 0.15) is 5.82 Å². The van der Waals surface area contributed by atoms with Crippen molar-refractivity contribution in [2.75, 3.05) is 13.2 Å². The predicted molar refractivity (Wildman–Crippen MR) is 77.6 cm³/mol. The van der Waals surface area contributed by atoms with Gasteiger partial charge in [-0.15, -0.1) is 0 Å². The van der Waals surface area contributed by atoms with Crippen LogP contribution in [0.5, 0.6) is 5.75 Å². The van der Waals surface area contributed by atoms with E-state index in [-0.39, 0.29) is 29.7 Å². The zero-order valence-electron chi connectivity index (χ0n) is 11.6. The van der Waals surface area contributed by atoms with Crippen LogP contribution in [-0.4, -0.2) is 18.1 Å². The minimum Gasteiger partial charge on any atom is -0.475 e. The van der Waals surface area contributed by atoms with Gasteiger partial charge >= 0.3 is 0 Å². The van der Waals surface area contributed by atoms with Crippen LogP contribution in [-0.2, 0) is 10.3 Å². The Bertz CT molecular complexity index is 780. The maximum Gasteiger partial charge on any atom is 0.272 e. The van der Waals surface area contributed by atoms with Gasteiger partial charge in [0.05, 0.1) is 29.2 Å². The summed E-state index contributed by atoms with van der Waals surface area (Å²) in [6.07, 6.45) is 0. The van der Waals surface area contributed by atoms with Crippen molar-refractivity contribution in [3.05, 3.63) is 68.7 Å². The number of hydrogen-bond acceptors (Lipinski definition) is 4. The van der Waals surface area contributed by atoms with Gasteiger partial charge in [0.25, 0.3) is 5.69 Å².